The third kappa shape index (κ3) is 2.19. The molecule has 1 fully saturated rings. The van der Waals surface area contributed by atoms with Crippen molar-refractivity contribution in [2.45, 2.75) is 39.2 Å². The van der Waals surface area contributed by atoms with Gasteiger partial charge in [-0.05, 0) is 30.7 Å². The molecular formula is C11H16N2O2. The Morgan fingerprint density at radius 2 is 2.33 bits per heavy atom. The molecule has 0 bridgehead atoms. The van der Waals surface area contributed by atoms with Gasteiger partial charge in [0.1, 0.15) is 5.69 Å². The minimum absolute atomic E-state index is 0.281. The maximum absolute atomic E-state index is 11.0. The van der Waals surface area contributed by atoms with Crippen LogP contribution in [0.5, 0.6) is 0 Å². The fourth-order valence-corrected chi connectivity index (χ4v) is 1.58. The van der Waals surface area contributed by atoms with Crippen LogP contribution in [0.2, 0.25) is 0 Å². The number of aromatic nitrogens is 2. The first-order valence-electron chi connectivity index (χ1n) is 5.39. The first-order chi connectivity index (χ1) is 7.08. The molecule has 2 rings (SSSR count). The zero-order valence-electron chi connectivity index (χ0n) is 9.10. The Balaban J connectivity index is 2.27. The van der Waals surface area contributed by atoms with E-state index >= 15 is 0 Å². The van der Waals surface area contributed by atoms with Crippen molar-refractivity contribution in [1.29, 1.82) is 0 Å². The van der Waals surface area contributed by atoms with Crippen LogP contribution in [0.1, 0.15) is 48.8 Å². The van der Waals surface area contributed by atoms with E-state index < -0.39 is 5.97 Å². The lowest BCUT2D eigenvalue weighted by atomic mass is 10.1. The second-order valence-electron chi connectivity index (χ2n) is 4.54. The zero-order valence-corrected chi connectivity index (χ0v) is 9.10. The van der Waals surface area contributed by atoms with E-state index in [0.717, 1.165) is 12.2 Å². The van der Waals surface area contributed by atoms with Gasteiger partial charge in [0, 0.05) is 6.54 Å². The summed E-state index contributed by atoms with van der Waals surface area (Å²) in [6.07, 6.45) is 2.41. The van der Waals surface area contributed by atoms with Gasteiger partial charge in [0.25, 0.3) is 0 Å². The molecule has 1 aliphatic carbocycles. The summed E-state index contributed by atoms with van der Waals surface area (Å²) >= 11 is 0. The first-order valence-corrected chi connectivity index (χ1v) is 5.39. The van der Waals surface area contributed by atoms with Crippen molar-refractivity contribution in [2.75, 3.05) is 0 Å². The van der Waals surface area contributed by atoms with Crippen LogP contribution in [0.15, 0.2) is 6.07 Å². The van der Waals surface area contributed by atoms with Crippen molar-refractivity contribution < 1.29 is 9.90 Å². The van der Waals surface area contributed by atoms with Crippen LogP contribution >= 0.6 is 0 Å². The monoisotopic (exact) mass is 208 g/mol. The highest BCUT2D eigenvalue weighted by molar-refractivity contribution is 5.85. The largest absolute Gasteiger partial charge is 0.477 e. The van der Waals surface area contributed by atoms with Gasteiger partial charge in [-0.15, -0.1) is 0 Å². The highest BCUT2D eigenvalue weighted by atomic mass is 16.4. The predicted molar refractivity (Wildman–Crippen MR) is 56.0 cm³/mol. The van der Waals surface area contributed by atoms with E-state index in [9.17, 15) is 4.79 Å². The highest BCUT2D eigenvalue weighted by Crippen LogP contribution is 2.31. The van der Waals surface area contributed by atoms with Gasteiger partial charge < -0.3 is 5.11 Å². The fraction of sp³-hybridized carbons (Fsp3) is 0.636. The lowest BCUT2D eigenvalue weighted by molar-refractivity contribution is 0.0682. The summed E-state index contributed by atoms with van der Waals surface area (Å²) in [6.45, 7) is 4.80. The van der Waals surface area contributed by atoms with Gasteiger partial charge in [-0.1, -0.05) is 13.8 Å². The van der Waals surface area contributed by atoms with E-state index in [4.69, 9.17) is 5.11 Å². The van der Waals surface area contributed by atoms with Gasteiger partial charge >= 0.3 is 5.97 Å². The standard InChI is InChI=1S/C11H16N2O2/c1-7(2)9-5-10(11(14)15)13(12-9)6-8-3-4-8/h5,7-8H,3-4,6H2,1-2H3,(H,14,15). The third-order valence-electron chi connectivity index (χ3n) is 2.74. The van der Waals surface area contributed by atoms with Crippen molar-refractivity contribution >= 4 is 5.97 Å². The third-order valence-corrected chi connectivity index (χ3v) is 2.74. The summed E-state index contributed by atoms with van der Waals surface area (Å²) in [4.78, 5) is 11.0. The molecule has 0 unspecified atom stereocenters. The van der Waals surface area contributed by atoms with Gasteiger partial charge in [0.15, 0.2) is 0 Å². The quantitative estimate of drug-likeness (QED) is 0.824. The van der Waals surface area contributed by atoms with Crippen molar-refractivity contribution in [3.63, 3.8) is 0 Å². The molecule has 0 atom stereocenters. The summed E-state index contributed by atoms with van der Waals surface area (Å²) in [5.41, 5.74) is 1.19. The topological polar surface area (TPSA) is 55.1 Å². The van der Waals surface area contributed by atoms with E-state index in [0.29, 0.717) is 11.6 Å². The molecule has 1 aromatic heterocycles. The van der Waals surface area contributed by atoms with E-state index in [-0.39, 0.29) is 5.92 Å². The Morgan fingerprint density at radius 1 is 1.67 bits per heavy atom. The number of aromatic carboxylic acids is 1. The number of carboxylic acid groups (broad SMARTS) is 1. The smallest absolute Gasteiger partial charge is 0.354 e. The van der Waals surface area contributed by atoms with Crippen LogP contribution in [0, 0.1) is 5.92 Å². The number of hydrogen-bond donors (Lipinski definition) is 1. The minimum atomic E-state index is -0.880. The fourth-order valence-electron chi connectivity index (χ4n) is 1.58. The van der Waals surface area contributed by atoms with E-state index in [1.165, 1.54) is 12.8 Å². The molecule has 0 saturated heterocycles. The molecule has 0 aliphatic heterocycles. The van der Waals surface area contributed by atoms with Crippen LogP contribution in [-0.4, -0.2) is 20.9 Å². The van der Waals surface area contributed by atoms with Gasteiger partial charge in [-0.2, -0.15) is 5.10 Å². The maximum atomic E-state index is 11.0. The summed E-state index contributed by atoms with van der Waals surface area (Å²) < 4.78 is 1.65. The van der Waals surface area contributed by atoms with Gasteiger partial charge in [0.05, 0.1) is 5.69 Å². The van der Waals surface area contributed by atoms with E-state index in [1.807, 2.05) is 13.8 Å². The summed E-state index contributed by atoms with van der Waals surface area (Å²) in [6, 6.07) is 1.69. The predicted octanol–water partition coefficient (Wildman–Crippen LogP) is 2.11. The van der Waals surface area contributed by atoms with Gasteiger partial charge in [0.2, 0.25) is 0 Å². The molecule has 0 amide bonds. The average molecular weight is 208 g/mol. The van der Waals surface area contributed by atoms with Crippen LogP contribution in [-0.2, 0) is 6.54 Å². The minimum Gasteiger partial charge on any atom is -0.477 e. The number of hydrogen-bond acceptors (Lipinski definition) is 2. The van der Waals surface area contributed by atoms with Crippen LogP contribution in [0.25, 0.3) is 0 Å². The first kappa shape index (κ1) is 10.2. The lowest BCUT2D eigenvalue weighted by Gasteiger charge is -2.02. The van der Waals surface area contributed by atoms with Crippen molar-refractivity contribution in [2.24, 2.45) is 5.92 Å². The normalized spacial score (nSPS) is 15.9. The molecule has 1 aromatic rings. The van der Waals surface area contributed by atoms with Crippen LogP contribution in [0.3, 0.4) is 0 Å². The molecule has 15 heavy (non-hydrogen) atoms. The molecule has 4 heteroatoms. The molecule has 1 N–H and O–H groups in total. The Kier molecular flexibility index (Phi) is 2.50. The Morgan fingerprint density at radius 3 is 2.80 bits per heavy atom. The number of nitrogens with zero attached hydrogens (tertiary/aromatic N) is 2. The highest BCUT2D eigenvalue weighted by Gasteiger charge is 2.25. The van der Waals surface area contributed by atoms with E-state index in [2.05, 4.69) is 5.10 Å². The van der Waals surface area contributed by atoms with Crippen molar-refractivity contribution in [1.82, 2.24) is 9.78 Å². The van der Waals surface area contributed by atoms with Gasteiger partial charge in [-0.25, -0.2) is 4.79 Å². The maximum Gasteiger partial charge on any atom is 0.354 e. The second kappa shape index (κ2) is 3.68. The number of carbonyl (C=O) groups is 1. The average Bonchev–Trinajstić information content (AvgIpc) is 2.82. The Hall–Kier alpha value is -1.32. The summed E-state index contributed by atoms with van der Waals surface area (Å²) in [5.74, 6) is 0.0432. The molecule has 1 saturated carbocycles. The summed E-state index contributed by atoms with van der Waals surface area (Å²) in [5, 5.41) is 13.4. The lowest BCUT2D eigenvalue weighted by Crippen LogP contribution is -2.11. The van der Waals surface area contributed by atoms with Crippen LogP contribution < -0.4 is 0 Å². The SMILES string of the molecule is CC(C)c1cc(C(=O)O)n(CC2CC2)n1. The Labute approximate surface area is 88.9 Å². The zero-order chi connectivity index (χ0) is 11.0. The molecular weight excluding hydrogens is 192 g/mol. The van der Waals surface area contributed by atoms with Crippen molar-refractivity contribution in [3.8, 4) is 0 Å². The van der Waals surface area contributed by atoms with E-state index in [1.54, 1.807) is 10.7 Å². The number of rotatable bonds is 4. The summed E-state index contributed by atoms with van der Waals surface area (Å²) in [7, 11) is 0. The Bertz CT molecular complexity index is 378. The number of carboxylic acids is 1. The second-order valence-corrected chi connectivity index (χ2v) is 4.54. The molecule has 0 spiro atoms. The molecule has 1 aliphatic rings. The molecule has 1 heterocycles. The molecule has 0 aromatic carbocycles. The van der Waals surface area contributed by atoms with Crippen molar-refractivity contribution in [3.05, 3.63) is 17.5 Å². The van der Waals surface area contributed by atoms with Crippen LogP contribution in [0.4, 0.5) is 0 Å². The molecule has 0 radical (unpaired) electrons. The van der Waals surface area contributed by atoms with Gasteiger partial charge in [-0.3, -0.25) is 4.68 Å². The molecule has 4 nitrogen and oxygen atoms in total. The molecule has 82 valence electrons.